The number of rotatable bonds is 3. The van der Waals surface area contributed by atoms with E-state index in [1.165, 1.54) is 12.1 Å². The Morgan fingerprint density at radius 2 is 2.06 bits per heavy atom. The fraction of sp³-hybridized carbons (Fsp3) is 0.300. The molecule has 0 atom stereocenters. The average molecular weight is 242 g/mol. The first-order valence-corrected chi connectivity index (χ1v) is 6.54. The van der Waals surface area contributed by atoms with E-state index in [4.69, 9.17) is 5.73 Å². The van der Waals surface area contributed by atoms with Crippen LogP contribution >= 0.6 is 0 Å². The number of anilines is 1. The lowest BCUT2D eigenvalue weighted by molar-refractivity contribution is -0.114. The topological polar surface area (TPSA) is 89.3 Å². The minimum atomic E-state index is -3.27. The fourth-order valence-corrected chi connectivity index (χ4v) is 1.81. The summed E-state index contributed by atoms with van der Waals surface area (Å²) in [5.74, 6) is -0.353. The number of carbonyl (C=O) groups excluding carboxylic acids is 1. The Morgan fingerprint density at radius 1 is 1.44 bits per heavy atom. The lowest BCUT2D eigenvalue weighted by atomic mass is 10.2. The second-order valence-corrected chi connectivity index (χ2v) is 5.52. The molecule has 0 spiro atoms. The molecule has 1 aromatic rings. The van der Waals surface area contributed by atoms with Gasteiger partial charge in [-0.15, -0.1) is 0 Å². The van der Waals surface area contributed by atoms with Gasteiger partial charge in [0.2, 0.25) is 5.91 Å². The molecule has 0 aromatic heterocycles. The van der Waals surface area contributed by atoms with E-state index < -0.39 is 9.84 Å². The number of nitrogens with one attached hydrogen (secondary N) is 1. The Balaban J connectivity index is 3.14. The number of benzene rings is 1. The molecule has 16 heavy (non-hydrogen) atoms. The van der Waals surface area contributed by atoms with Gasteiger partial charge in [0.15, 0.2) is 9.84 Å². The van der Waals surface area contributed by atoms with Gasteiger partial charge in [-0.1, -0.05) is 6.07 Å². The van der Waals surface area contributed by atoms with E-state index in [1.54, 1.807) is 13.0 Å². The Labute approximate surface area is 94.6 Å². The second kappa shape index (κ2) is 4.63. The summed E-state index contributed by atoms with van der Waals surface area (Å²) in [5, 5.41) is 2.54. The van der Waals surface area contributed by atoms with E-state index in [2.05, 4.69) is 5.32 Å². The van der Waals surface area contributed by atoms with Gasteiger partial charge in [-0.3, -0.25) is 4.79 Å². The number of sulfone groups is 1. The van der Waals surface area contributed by atoms with Crippen LogP contribution < -0.4 is 11.1 Å². The first-order chi connectivity index (χ1) is 7.34. The zero-order valence-corrected chi connectivity index (χ0v) is 9.97. The highest BCUT2D eigenvalue weighted by molar-refractivity contribution is 7.90. The van der Waals surface area contributed by atoms with E-state index in [1.807, 2.05) is 0 Å². The highest BCUT2D eigenvalue weighted by Gasteiger charge is 2.10. The number of hydrogen-bond donors (Lipinski definition) is 2. The molecule has 0 aliphatic heterocycles. The van der Waals surface area contributed by atoms with Crippen molar-refractivity contribution in [3.8, 4) is 0 Å². The second-order valence-electron chi connectivity index (χ2n) is 3.50. The smallest absolute Gasteiger partial charge is 0.238 e. The van der Waals surface area contributed by atoms with Crippen molar-refractivity contribution in [3.63, 3.8) is 0 Å². The van der Waals surface area contributed by atoms with E-state index >= 15 is 0 Å². The monoisotopic (exact) mass is 242 g/mol. The molecule has 1 rings (SSSR count). The number of aryl methyl sites for hydroxylation is 1. The van der Waals surface area contributed by atoms with Crippen LogP contribution in [0.3, 0.4) is 0 Å². The van der Waals surface area contributed by atoms with Gasteiger partial charge in [0.05, 0.1) is 11.4 Å². The number of nitrogens with two attached hydrogens (primary N) is 1. The fourth-order valence-electron chi connectivity index (χ4n) is 1.17. The molecule has 1 aromatic carbocycles. The molecular formula is C10H14N2O3S. The summed E-state index contributed by atoms with van der Waals surface area (Å²) in [6.07, 6.45) is 1.12. The predicted molar refractivity (Wildman–Crippen MR) is 62.0 cm³/mol. The third kappa shape index (κ3) is 3.04. The molecule has 0 fully saturated rings. The first kappa shape index (κ1) is 12.7. The van der Waals surface area contributed by atoms with Gasteiger partial charge in [-0.25, -0.2) is 8.42 Å². The van der Waals surface area contributed by atoms with Gasteiger partial charge in [0, 0.05) is 11.9 Å². The van der Waals surface area contributed by atoms with E-state index in [0.717, 1.165) is 11.8 Å². The summed E-state index contributed by atoms with van der Waals surface area (Å²) in [4.78, 5) is 11.3. The molecule has 88 valence electrons. The average Bonchev–Trinajstić information content (AvgIpc) is 2.19. The van der Waals surface area contributed by atoms with Gasteiger partial charge in [-0.05, 0) is 24.6 Å². The lowest BCUT2D eigenvalue weighted by Gasteiger charge is -2.08. The normalized spacial score (nSPS) is 11.2. The Hall–Kier alpha value is -1.40. The molecule has 0 unspecified atom stereocenters. The van der Waals surface area contributed by atoms with Crippen LogP contribution in [0.25, 0.3) is 0 Å². The summed E-state index contributed by atoms with van der Waals surface area (Å²) < 4.78 is 22.6. The van der Waals surface area contributed by atoms with Crippen LogP contribution in [0, 0.1) is 6.92 Å². The molecular weight excluding hydrogens is 228 g/mol. The van der Waals surface area contributed by atoms with Crippen molar-refractivity contribution >= 4 is 21.4 Å². The molecule has 0 heterocycles. The molecule has 0 radical (unpaired) electrons. The molecule has 0 aliphatic rings. The zero-order valence-electron chi connectivity index (χ0n) is 9.15. The van der Waals surface area contributed by atoms with Crippen molar-refractivity contribution in [2.75, 3.05) is 18.1 Å². The lowest BCUT2D eigenvalue weighted by Crippen LogP contribution is -2.22. The highest BCUT2D eigenvalue weighted by Crippen LogP contribution is 2.19. The summed E-state index contributed by atoms with van der Waals surface area (Å²) in [5.41, 5.74) is 6.42. The van der Waals surface area contributed by atoms with Crippen molar-refractivity contribution in [1.82, 2.24) is 0 Å². The van der Waals surface area contributed by atoms with Crippen molar-refractivity contribution in [2.45, 2.75) is 11.8 Å². The SMILES string of the molecule is Cc1ccc(S(C)(=O)=O)cc1NC(=O)CN. The molecule has 0 aliphatic carbocycles. The van der Waals surface area contributed by atoms with E-state index in [0.29, 0.717) is 5.69 Å². The summed E-state index contributed by atoms with van der Waals surface area (Å²) in [6.45, 7) is 1.64. The molecule has 0 saturated carbocycles. The van der Waals surface area contributed by atoms with Crippen LogP contribution in [0.15, 0.2) is 23.1 Å². The van der Waals surface area contributed by atoms with Crippen molar-refractivity contribution in [2.24, 2.45) is 5.73 Å². The van der Waals surface area contributed by atoms with Crippen LogP contribution in [0.5, 0.6) is 0 Å². The molecule has 5 nitrogen and oxygen atoms in total. The first-order valence-electron chi connectivity index (χ1n) is 4.65. The maximum atomic E-state index is 11.3. The van der Waals surface area contributed by atoms with Gasteiger partial charge in [-0.2, -0.15) is 0 Å². The number of amides is 1. The minimum absolute atomic E-state index is 0.136. The summed E-state index contributed by atoms with van der Waals surface area (Å²) in [6, 6.07) is 4.57. The predicted octanol–water partition coefficient (Wildman–Crippen LogP) is 0.296. The van der Waals surface area contributed by atoms with Crippen LogP contribution in [0.2, 0.25) is 0 Å². The summed E-state index contributed by atoms with van der Waals surface area (Å²) >= 11 is 0. The van der Waals surface area contributed by atoms with E-state index in [9.17, 15) is 13.2 Å². The molecule has 3 N–H and O–H groups in total. The standard InChI is InChI=1S/C10H14N2O3S/c1-7-3-4-8(16(2,14)15)5-9(7)12-10(13)6-11/h3-5H,6,11H2,1-2H3,(H,12,13). The van der Waals surface area contributed by atoms with Crippen molar-refractivity contribution < 1.29 is 13.2 Å². The number of hydrogen-bond acceptors (Lipinski definition) is 4. The van der Waals surface area contributed by atoms with Crippen LogP contribution in [-0.2, 0) is 14.6 Å². The molecule has 6 heteroatoms. The van der Waals surface area contributed by atoms with E-state index in [-0.39, 0.29) is 17.3 Å². The molecule has 0 bridgehead atoms. The molecule has 0 saturated heterocycles. The Kier molecular flexibility index (Phi) is 3.66. The highest BCUT2D eigenvalue weighted by atomic mass is 32.2. The van der Waals surface area contributed by atoms with Crippen LogP contribution in [0.4, 0.5) is 5.69 Å². The maximum absolute atomic E-state index is 11.3. The van der Waals surface area contributed by atoms with Crippen LogP contribution in [0.1, 0.15) is 5.56 Å². The number of carbonyl (C=O) groups is 1. The minimum Gasteiger partial charge on any atom is -0.325 e. The van der Waals surface area contributed by atoms with Gasteiger partial charge >= 0.3 is 0 Å². The largest absolute Gasteiger partial charge is 0.325 e. The third-order valence-electron chi connectivity index (χ3n) is 2.10. The summed E-state index contributed by atoms with van der Waals surface area (Å²) in [7, 11) is -3.27. The maximum Gasteiger partial charge on any atom is 0.238 e. The van der Waals surface area contributed by atoms with Gasteiger partial charge < -0.3 is 11.1 Å². The van der Waals surface area contributed by atoms with Gasteiger partial charge in [0.1, 0.15) is 0 Å². The zero-order chi connectivity index (χ0) is 12.3. The Morgan fingerprint density at radius 3 is 2.56 bits per heavy atom. The molecule has 1 amide bonds. The quantitative estimate of drug-likeness (QED) is 0.797. The van der Waals surface area contributed by atoms with Crippen molar-refractivity contribution in [3.05, 3.63) is 23.8 Å². The van der Waals surface area contributed by atoms with Gasteiger partial charge in [0.25, 0.3) is 0 Å². The Bertz CT molecular complexity index is 509. The van der Waals surface area contributed by atoms with Crippen molar-refractivity contribution in [1.29, 1.82) is 0 Å². The van der Waals surface area contributed by atoms with Crippen LogP contribution in [-0.4, -0.2) is 27.1 Å². The third-order valence-corrected chi connectivity index (χ3v) is 3.21.